The van der Waals surface area contributed by atoms with Gasteiger partial charge >= 0.3 is 0 Å². The first-order valence-electron chi connectivity index (χ1n) is 7.08. The average Bonchev–Trinajstić information content (AvgIpc) is 2.99. The lowest BCUT2D eigenvalue weighted by Crippen LogP contribution is -2.22. The summed E-state index contributed by atoms with van der Waals surface area (Å²) in [6.45, 7) is 5.43. The number of halogens is 1. The zero-order valence-corrected chi connectivity index (χ0v) is 12.4. The fourth-order valence-electron chi connectivity index (χ4n) is 2.56. The van der Waals surface area contributed by atoms with E-state index in [9.17, 15) is 9.18 Å². The topological polar surface area (TPSA) is 47.8 Å². The number of aromatic nitrogens is 3. The summed E-state index contributed by atoms with van der Waals surface area (Å²) < 4.78 is 15.8. The maximum atomic E-state index is 14.2. The van der Waals surface area contributed by atoms with Crippen LogP contribution in [0.5, 0.6) is 0 Å². The molecule has 3 rings (SSSR count). The van der Waals surface area contributed by atoms with Crippen molar-refractivity contribution in [2.45, 2.75) is 39.4 Å². The smallest absolute Gasteiger partial charge is 0.218 e. The molecule has 2 heterocycles. The molecule has 0 saturated carbocycles. The first kappa shape index (κ1) is 13.9. The molecule has 1 aliphatic rings. The zero-order valence-electron chi connectivity index (χ0n) is 12.4. The largest absolute Gasteiger partial charge is 0.290 e. The molecule has 1 aromatic heterocycles. The highest BCUT2D eigenvalue weighted by Crippen LogP contribution is 2.39. The van der Waals surface area contributed by atoms with Crippen LogP contribution in [-0.4, -0.2) is 20.5 Å². The number of carbonyl (C=O) groups is 1. The van der Waals surface area contributed by atoms with Crippen molar-refractivity contribution in [3.63, 3.8) is 0 Å². The Morgan fingerprint density at radius 3 is 2.57 bits per heavy atom. The first-order chi connectivity index (χ1) is 9.88. The van der Waals surface area contributed by atoms with Gasteiger partial charge in [0, 0.05) is 11.8 Å². The van der Waals surface area contributed by atoms with Gasteiger partial charge in [-0.25, -0.2) is 14.1 Å². The third kappa shape index (κ3) is 2.37. The minimum atomic E-state index is -1.18. The molecule has 5 heteroatoms. The van der Waals surface area contributed by atoms with Gasteiger partial charge in [-0.1, -0.05) is 51.1 Å². The van der Waals surface area contributed by atoms with E-state index in [1.165, 1.54) is 0 Å². The molecular formula is C16H18FN3O. The number of hydrogen-bond acceptors (Lipinski definition) is 3. The standard InChI is InChI=1S/C16H18FN3O/c1-16(2,3)13(21)14-18-15-11(17)9-12(20(15)19-14)10-7-5-4-6-8-10/h4-8,11-12H,9H2,1-3H3/t11-,12-/m0/s1. The van der Waals surface area contributed by atoms with Crippen molar-refractivity contribution in [3.05, 3.63) is 47.5 Å². The van der Waals surface area contributed by atoms with E-state index in [1.54, 1.807) is 4.68 Å². The van der Waals surface area contributed by atoms with E-state index >= 15 is 0 Å². The molecule has 1 aliphatic heterocycles. The van der Waals surface area contributed by atoms with Gasteiger partial charge in [-0.3, -0.25) is 4.79 Å². The molecule has 0 N–H and O–H groups in total. The summed E-state index contributed by atoms with van der Waals surface area (Å²) >= 11 is 0. The molecule has 0 fully saturated rings. The molecular weight excluding hydrogens is 269 g/mol. The van der Waals surface area contributed by atoms with Crippen LogP contribution in [0.3, 0.4) is 0 Å². The van der Waals surface area contributed by atoms with Crippen LogP contribution in [0.2, 0.25) is 0 Å². The van der Waals surface area contributed by atoms with Crippen LogP contribution in [-0.2, 0) is 0 Å². The lowest BCUT2D eigenvalue weighted by Gasteiger charge is -2.14. The summed E-state index contributed by atoms with van der Waals surface area (Å²) in [6.07, 6.45) is -0.854. The second-order valence-corrected chi connectivity index (χ2v) is 6.45. The van der Waals surface area contributed by atoms with Gasteiger partial charge in [0.2, 0.25) is 11.6 Å². The van der Waals surface area contributed by atoms with E-state index < -0.39 is 11.6 Å². The van der Waals surface area contributed by atoms with Crippen molar-refractivity contribution in [3.8, 4) is 0 Å². The Balaban J connectivity index is 2.01. The minimum absolute atomic E-state index is 0.112. The molecule has 110 valence electrons. The maximum absolute atomic E-state index is 14.2. The van der Waals surface area contributed by atoms with Gasteiger partial charge in [-0.15, -0.1) is 5.10 Å². The van der Waals surface area contributed by atoms with Crippen LogP contribution in [0.1, 0.15) is 61.4 Å². The Bertz CT molecular complexity index is 673. The number of carbonyl (C=O) groups excluding carboxylic acids is 1. The lowest BCUT2D eigenvalue weighted by molar-refractivity contribution is 0.0846. The fourth-order valence-corrected chi connectivity index (χ4v) is 2.56. The SMILES string of the molecule is CC(C)(C)C(=O)c1nc2n(n1)[C@H](c1ccccc1)C[C@@H]2F. The highest BCUT2D eigenvalue weighted by atomic mass is 19.1. The van der Waals surface area contributed by atoms with Crippen molar-refractivity contribution >= 4 is 5.78 Å². The molecule has 1 aromatic carbocycles. The van der Waals surface area contributed by atoms with E-state index in [0.29, 0.717) is 6.42 Å². The third-order valence-electron chi connectivity index (χ3n) is 3.73. The molecule has 4 nitrogen and oxygen atoms in total. The highest BCUT2D eigenvalue weighted by molar-refractivity contribution is 5.96. The number of alkyl halides is 1. The van der Waals surface area contributed by atoms with Crippen molar-refractivity contribution in [2.75, 3.05) is 0 Å². The average molecular weight is 287 g/mol. The predicted octanol–water partition coefficient (Wildman–Crippen LogP) is 3.51. The number of ketones is 1. The monoisotopic (exact) mass is 287 g/mol. The molecule has 21 heavy (non-hydrogen) atoms. The fraction of sp³-hybridized carbons (Fsp3) is 0.438. The Morgan fingerprint density at radius 1 is 1.29 bits per heavy atom. The Hall–Kier alpha value is -2.04. The van der Waals surface area contributed by atoms with Crippen LogP contribution in [0, 0.1) is 5.41 Å². The van der Waals surface area contributed by atoms with Gasteiger partial charge in [-0.2, -0.15) is 0 Å². The second kappa shape index (κ2) is 4.76. The number of hydrogen-bond donors (Lipinski definition) is 0. The zero-order chi connectivity index (χ0) is 15.2. The van der Waals surface area contributed by atoms with Gasteiger partial charge < -0.3 is 0 Å². The number of nitrogens with zero attached hydrogens (tertiary/aromatic N) is 3. The van der Waals surface area contributed by atoms with Gasteiger partial charge in [0.1, 0.15) is 0 Å². The quantitative estimate of drug-likeness (QED) is 0.794. The number of fused-ring (bicyclic) bond motifs is 1. The molecule has 0 spiro atoms. The van der Waals surface area contributed by atoms with E-state index in [4.69, 9.17) is 0 Å². The molecule has 0 radical (unpaired) electrons. The third-order valence-corrected chi connectivity index (χ3v) is 3.73. The van der Waals surface area contributed by atoms with Gasteiger partial charge in [0.05, 0.1) is 6.04 Å². The molecule has 0 amide bonds. The maximum Gasteiger partial charge on any atom is 0.218 e. The van der Waals surface area contributed by atoms with Crippen LogP contribution in [0.15, 0.2) is 30.3 Å². The van der Waals surface area contributed by atoms with Crippen LogP contribution < -0.4 is 0 Å². The van der Waals surface area contributed by atoms with Gasteiger partial charge in [0.15, 0.2) is 12.0 Å². The van der Waals surface area contributed by atoms with E-state index in [1.807, 2.05) is 51.1 Å². The summed E-state index contributed by atoms with van der Waals surface area (Å²) in [5, 5.41) is 4.28. The summed E-state index contributed by atoms with van der Waals surface area (Å²) in [5.41, 5.74) is 0.412. The summed E-state index contributed by atoms with van der Waals surface area (Å²) in [5.74, 6) is 0.209. The Morgan fingerprint density at radius 2 is 1.95 bits per heavy atom. The number of benzene rings is 1. The Labute approximate surface area is 123 Å². The van der Waals surface area contributed by atoms with E-state index in [0.717, 1.165) is 5.56 Å². The number of Topliss-reactive ketones (excluding diaryl/α,β-unsaturated/α-hetero) is 1. The van der Waals surface area contributed by atoms with Crippen LogP contribution in [0.4, 0.5) is 4.39 Å². The Kier molecular flexibility index (Phi) is 3.15. The van der Waals surface area contributed by atoms with Crippen LogP contribution in [0.25, 0.3) is 0 Å². The molecule has 0 unspecified atom stereocenters. The van der Waals surface area contributed by atoms with Crippen LogP contribution >= 0.6 is 0 Å². The molecule has 0 aliphatic carbocycles. The molecule has 0 bridgehead atoms. The minimum Gasteiger partial charge on any atom is -0.290 e. The van der Waals surface area contributed by atoms with Crippen molar-refractivity contribution < 1.29 is 9.18 Å². The number of rotatable bonds is 2. The highest BCUT2D eigenvalue weighted by Gasteiger charge is 2.37. The van der Waals surface area contributed by atoms with E-state index in [2.05, 4.69) is 10.1 Å². The van der Waals surface area contributed by atoms with Crippen molar-refractivity contribution in [2.24, 2.45) is 5.41 Å². The van der Waals surface area contributed by atoms with E-state index in [-0.39, 0.29) is 23.5 Å². The second-order valence-electron chi connectivity index (χ2n) is 6.45. The summed E-state index contributed by atoms with van der Waals surface area (Å²) in [7, 11) is 0. The van der Waals surface area contributed by atoms with Crippen molar-refractivity contribution in [1.29, 1.82) is 0 Å². The van der Waals surface area contributed by atoms with Gasteiger partial charge in [-0.05, 0) is 5.56 Å². The summed E-state index contributed by atoms with van der Waals surface area (Å²) in [4.78, 5) is 16.4. The molecule has 2 aromatic rings. The summed E-state index contributed by atoms with van der Waals surface area (Å²) in [6, 6.07) is 9.45. The lowest BCUT2D eigenvalue weighted by atomic mass is 9.90. The predicted molar refractivity (Wildman–Crippen MR) is 76.9 cm³/mol. The molecule has 2 atom stereocenters. The normalized spacial score (nSPS) is 21.3. The molecule has 0 saturated heterocycles. The van der Waals surface area contributed by atoms with Crippen molar-refractivity contribution in [1.82, 2.24) is 14.8 Å². The van der Waals surface area contributed by atoms with Gasteiger partial charge in [0.25, 0.3) is 0 Å². The first-order valence-corrected chi connectivity index (χ1v) is 7.08.